The van der Waals surface area contributed by atoms with Crippen LogP contribution in [0.15, 0.2) is 43.0 Å². The van der Waals surface area contributed by atoms with E-state index in [1.807, 2.05) is 22.6 Å². The Bertz CT molecular complexity index is 916. The maximum absolute atomic E-state index is 14.2. The molecule has 2 heterocycles. The molecule has 0 radical (unpaired) electrons. The Morgan fingerprint density at radius 3 is 3.04 bits per heavy atom. The van der Waals surface area contributed by atoms with Crippen molar-refractivity contribution in [3.63, 3.8) is 0 Å². The zero-order valence-corrected chi connectivity index (χ0v) is 15.0. The second kappa shape index (κ2) is 7.76. The number of carbonyl (C=O) groups excluding carboxylic acids is 1. The van der Waals surface area contributed by atoms with Crippen LogP contribution in [-0.4, -0.2) is 33.6 Å². The molecule has 3 aromatic rings. The molecule has 0 aliphatic heterocycles. The molecule has 25 heavy (non-hydrogen) atoms. The number of anilines is 2. The Kier molecular flexibility index (Phi) is 5.46. The molecule has 0 spiro atoms. The van der Waals surface area contributed by atoms with E-state index in [4.69, 9.17) is 9.94 Å². The topological polar surface area (TPSA) is 87.9 Å². The number of hydrogen-bond acceptors (Lipinski definition) is 5. The van der Waals surface area contributed by atoms with Crippen molar-refractivity contribution in [2.24, 2.45) is 0 Å². The summed E-state index contributed by atoms with van der Waals surface area (Å²) < 4.78 is 16.6. The van der Waals surface area contributed by atoms with Crippen LogP contribution in [0.3, 0.4) is 0 Å². The van der Waals surface area contributed by atoms with Crippen molar-refractivity contribution in [2.45, 2.75) is 0 Å². The minimum Gasteiger partial charge on any atom is -0.394 e. The monoisotopic (exact) mass is 456 g/mol. The van der Waals surface area contributed by atoms with Gasteiger partial charge in [0.2, 0.25) is 0 Å². The summed E-state index contributed by atoms with van der Waals surface area (Å²) in [7, 11) is 0. The summed E-state index contributed by atoms with van der Waals surface area (Å²) in [6, 6.07) is 4.75. The molecule has 7 nitrogen and oxygen atoms in total. The number of carbonyl (C=O) groups is 1. The molecule has 3 N–H and O–H groups in total. The average molecular weight is 456 g/mol. The number of nitrogens with one attached hydrogen (secondary N) is 2. The molecule has 0 unspecified atom stereocenters. The molecule has 0 aliphatic carbocycles. The van der Waals surface area contributed by atoms with Gasteiger partial charge < -0.3 is 14.8 Å². The number of nitrogens with zero attached hydrogens (tertiary/aromatic N) is 2. The summed E-state index contributed by atoms with van der Waals surface area (Å²) in [6.07, 6.45) is 6.40. The number of fused-ring (bicyclic) bond motifs is 1. The molecule has 3 rings (SSSR count). The van der Waals surface area contributed by atoms with Gasteiger partial charge in [0.15, 0.2) is 0 Å². The van der Waals surface area contributed by atoms with E-state index in [1.165, 1.54) is 6.07 Å². The molecule has 0 bridgehead atoms. The van der Waals surface area contributed by atoms with Crippen LogP contribution in [0.5, 0.6) is 0 Å². The van der Waals surface area contributed by atoms with Gasteiger partial charge >= 0.3 is 0 Å². The van der Waals surface area contributed by atoms with E-state index in [2.05, 4.69) is 15.8 Å². The maximum atomic E-state index is 14.2. The van der Waals surface area contributed by atoms with Gasteiger partial charge in [-0.15, -0.1) is 0 Å². The van der Waals surface area contributed by atoms with Crippen molar-refractivity contribution in [1.29, 1.82) is 0 Å². The maximum Gasteiger partial charge on any atom is 0.278 e. The summed E-state index contributed by atoms with van der Waals surface area (Å²) >= 11 is 2.02. The Morgan fingerprint density at radius 2 is 2.28 bits per heavy atom. The zero-order valence-electron chi connectivity index (χ0n) is 12.9. The Morgan fingerprint density at radius 1 is 1.44 bits per heavy atom. The zero-order chi connectivity index (χ0) is 17.8. The lowest BCUT2D eigenvalue weighted by atomic mass is 10.2. The Balaban J connectivity index is 1.99. The first-order valence-electron chi connectivity index (χ1n) is 7.30. The van der Waals surface area contributed by atoms with Crippen LogP contribution in [0.25, 0.3) is 5.52 Å². The fourth-order valence-corrected chi connectivity index (χ4v) is 2.72. The van der Waals surface area contributed by atoms with Crippen LogP contribution in [0, 0.1) is 9.39 Å². The second-order valence-corrected chi connectivity index (χ2v) is 6.28. The van der Waals surface area contributed by atoms with Crippen molar-refractivity contribution in [2.75, 3.05) is 18.5 Å². The highest BCUT2D eigenvalue weighted by molar-refractivity contribution is 14.1. The second-order valence-electron chi connectivity index (χ2n) is 5.04. The highest BCUT2D eigenvalue weighted by atomic mass is 127. The van der Waals surface area contributed by atoms with Crippen LogP contribution in [0.2, 0.25) is 0 Å². The fourth-order valence-electron chi connectivity index (χ4n) is 2.26. The van der Waals surface area contributed by atoms with Crippen LogP contribution in [0.4, 0.5) is 15.8 Å². The summed E-state index contributed by atoms with van der Waals surface area (Å²) in [5.41, 5.74) is 3.74. The number of aliphatic hydroxyl groups excluding tert-OH is 1. The molecule has 0 fully saturated rings. The third-order valence-corrected chi connectivity index (χ3v) is 4.05. The largest absolute Gasteiger partial charge is 0.394 e. The molecule has 0 saturated heterocycles. The van der Waals surface area contributed by atoms with E-state index in [0.29, 0.717) is 11.2 Å². The first-order chi connectivity index (χ1) is 12.1. The minimum atomic E-state index is -0.523. The predicted octanol–water partition coefficient (Wildman–Crippen LogP) is 2.48. The van der Waals surface area contributed by atoms with E-state index < -0.39 is 11.7 Å². The van der Waals surface area contributed by atoms with Gasteiger partial charge in [-0.05, 0) is 40.8 Å². The molecular weight excluding hydrogens is 442 g/mol. The average Bonchev–Trinajstić information content (AvgIpc) is 2.96. The number of rotatable bonds is 6. The van der Waals surface area contributed by atoms with Crippen LogP contribution < -0.4 is 10.8 Å². The van der Waals surface area contributed by atoms with Gasteiger partial charge in [-0.25, -0.2) is 9.87 Å². The minimum absolute atomic E-state index is 0.0326. The summed E-state index contributed by atoms with van der Waals surface area (Å²) in [6.45, 7) is -0.254. The van der Waals surface area contributed by atoms with Gasteiger partial charge in [0.25, 0.3) is 5.91 Å². The first kappa shape index (κ1) is 17.6. The molecule has 1 amide bonds. The molecule has 130 valence electrons. The first-order valence-corrected chi connectivity index (χ1v) is 8.37. The highest BCUT2D eigenvalue weighted by Gasteiger charge is 2.19. The van der Waals surface area contributed by atoms with E-state index in [0.717, 1.165) is 3.57 Å². The van der Waals surface area contributed by atoms with E-state index in [9.17, 15) is 9.18 Å². The van der Waals surface area contributed by atoms with E-state index in [-0.39, 0.29) is 24.5 Å². The normalized spacial score (nSPS) is 10.8. The molecule has 2 aromatic heterocycles. The third kappa shape index (κ3) is 3.89. The third-order valence-electron chi connectivity index (χ3n) is 3.38. The SMILES string of the molecule is O=C(NOCCO)c1cn2ccncc2c1Nc1ccc(I)cc1F. The quantitative estimate of drug-likeness (QED) is 0.302. The van der Waals surface area contributed by atoms with Gasteiger partial charge in [-0.1, -0.05) is 0 Å². The van der Waals surface area contributed by atoms with Crippen LogP contribution >= 0.6 is 22.6 Å². The smallest absolute Gasteiger partial charge is 0.278 e. The lowest BCUT2D eigenvalue weighted by molar-refractivity contribution is 0.0169. The van der Waals surface area contributed by atoms with Crippen molar-refractivity contribution >= 4 is 45.4 Å². The Labute approximate surface area is 155 Å². The van der Waals surface area contributed by atoms with Crippen LogP contribution in [-0.2, 0) is 4.84 Å². The van der Waals surface area contributed by atoms with Crippen molar-refractivity contribution in [1.82, 2.24) is 14.9 Å². The fraction of sp³-hybridized carbons (Fsp3) is 0.125. The van der Waals surface area contributed by atoms with Crippen LogP contribution in [0.1, 0.15) is 10.4 Å². The number of amides is 1. The molecule has 0 aliphatic rings. The number of aliphatic hydroxyl groups is 1. The highest BCUT2D eigenvalue weighted by Crippen LogP contribution is 2.29. The standard InChI is InChI=1S/C16H14FIN4O3/c17-12-7-10(18)1-2-13(12)20-15-11(16(24)21-25-6-5-23)9-22-4-3-19-8-14(15)22/h1-4,7-9,20,23H,5-6H2,(H,21,24). The number of aromatic nitrogens is 2. The van der Waals surface area contributed by atoms with E-state index >= 15 is 0 Å². The summed E-state index contributed by atoms with van der Waals surface area (Å²) in [5, 5.41) is 11.7. The van der Waals surface area contributed by atoms with E-state index in [1.54, 1.807) is 41.3 Å². The predicted molar refractivity (Wildman–Crippen MR) is 98.1 cm³/mol. The van der Waals surface area contributed by atoms with Gasteiger partial charge in [0.05, 0.1) is 41.9 Å². The van der Waals surface area contributed by atoms with Crippen molar-refractivity contribution in [3.05, 3.63) is 57.9 Å². The number of hydroxylamine groups is 1. The van der Waals surface area contributed by atoms with Gasteiger partial charge in [-0.2, -0.15) is 0 Å². The lowest BCUT2D eigenvalue weighted by Gasteiger charge is -2.10. The van der Waals surface area contributed by atoms with Gasteiger partial charge in [-0.3, -0.25) is 14.6 Å². The molecular formula is C16H14FIN4O3. The number of hydrogen-bond donors (Lipinski definition) is 3. The summed E-state index contributed by atoms with van der Waals surface area (Å²) in [5.74, 6) is -0.955. The van der Waals surface area contributed by atoms with Gasteiger partial charge in [0.1, 0.15) is 5.82 Å². The Hall–Kier alpha value is -2.24. The van der Waals surface area contributed by atoms with Gasteiger partial charge in [0, 0.05) is 22.2 Å². The number of benzene rings is 1. The van der Waals surface area contributed by atoms with Crippen molar-refractivity contribution < 1.29 is 19.1 Å². The lowest BCUT2D eigenvalue weighted by Crippen LogP contribution is -2.25. The number of halogens is 2. The summed E-state index contributed by atoms with van der Waals surface area (Å²) in [4.78, 5) is 21.3. The molecule has 0 atom stereocenters. The molecule has 1 aromatic carbocycles. The molecule has 9 heteroatoms. The van der Waals surface area contributed by atoms with Crippen molar-refractivity contribution in [3.8, 4) is 0 Å². The molecule has 0 saturated carbocycles.